The minimum Gasteiger partial charge on any atom is -0.480 e. The van der Waals surface area contributed by atoms with Crippen molar-refractivity contribution in [1.29, 1.82) is 0 Å². The van der Waals surface area contributed by atoms with E-state index < -0.39 is 29.5 Å². The van der Waals surface area contributed by atoms with Crippen LogP contribution in [0.3, 0.4) is 0 Å². The Morgan fingerprint density at radius 1 is 1.19 bits per heavy atom. The molecule has 2 heterocycles. The second-order valence-corrected chi connectivity index (χ2v) is 7.47. The molecule has 2 aromatic rings. The van der Waals surface area contributed by atoms with Gasteiger partial charge in [0, 0.05) is 0 Å². The molecule has 0 saturated heterocycles. The number of aromatic nitrogens is 3. The number of rotatable bonds is 7. The van der Waals surface area contributed by atoms with Crippen LogP contribution in [-0.2, 0) is 4.79 Å². The number of pyridine rings is 1. The van der Waals surface area contributed by atoms with Gasteiger partial charge in [-0.1, -0.05) is 25.7 Å². The molecule has 0 radical (unpaired) electrons. The van der Waals surface area contributed by atoms with Crippen LogP contribution in [0.2, 0.25) is 0 Å². The summed E-state index contributed by atoms with van der Waals surface area (Å²) in [7, 11) is 0. The summed E-state index contributed by atoms with van der Waals surface area (Å²) in [4.78, 5) is 57.7. The molecule has 0 aromatic carbocycles. The quantitative estimate of drug-likeness (QED) is 0.319. The monoisotopic (exact) mass is 444 g/mol. The molecule has 9 N–H and O–H groups in total. The lowest BCUT2D eigenvalue weighted by atomic mass is 9.98. The van der Waals surface area contributed by atoms with Crippen LogP contribution in [0, 0.1) is 5.92 Å². The zero-order valence-electron chi connectivity index (χ0n) is 17.1. The molecule has 170 valence electrons. The average Bonchev–Trinajstić information content (AvgIpc) is 3.24. The van der Waals surface area contributed by atoms with Gasteiger partial charge in [-0.3, -0.25) is 19.9 Å². The predicted molar refractivity (Wildman–Crippen MR) is 116 cm³/mol. The SMILES string of the molecule is Nc1nc(N)c(NC(=O)Nc2ccc(C(=O)NC(CC3CCCC3)C(=O)O)nc2)c(=O)[nH]1. The lowest BCUT2D eigenvalue weighted by Crippen LogP contribution is -2.42. The van der Waals surface area contributed by atoms with Gasteiger partial charge >= 0.3 is 12.0 Å². The van der Waals surface area contributed by atoms with Crippen molar-refractivity contribution in [2.24, 2.45) is 5.92 Å². The van der Waals surface area contributed by atoms with Crippen molar-refractivity contribution < 1.29 is 19.5 Å². The number of urea groups is 1. The third-order valence-corrected chi connectivity index (χ3v) is 5.11. The Balaban J connectivity index is 1.59. The third-order valence-electron chi connectivity index (χ3n) is 5.11. The number of amides is 3. The Hall–Kier alpha value is -4.16. The van der Waals surface area contributed by atoms with Crippen LogP contribution < -0.4 is 33.0 Å². The average molecular weight is 444 g/mol. The number of nitrogens with two attached hydrogens (primary N) is 2. The van der Waals surface area contributed by atoms with E-state index in [1.54, 1.807) is 0 Å². The molecule has 0 bridgehead atoms. The number of carboxylic acid groups (broad SMARTS) is 1. The Kier molecular flexibility index (Phi) is 6.87. The summed E-state index contributed by atoms with van der Waals surface area (Å²) < 4.78 is 0. The highest BCUT2D eigenvalue weighted by Crippen LogP contribution is 2.28. The lowest BCUT2D eigenvalue weighted by Gasteiger charge is -2.18. The van der Waals surface area contributed by atoms with Gasteiger partial charge in [0.05, 0.1) is 11.9 Å². The number of hydrogen-bond donors (Lipinski definition) is 7. The molecule has 1 aliphatic rings. The molecular formula is C19H24N8O5. The largest absolute Gasteiger partial charge is 0.480 e. The number of aliphatic carboxylic acids is 1. The molecule has 0 aliphatic heterocycles. The van der Waals surface area contributed by atoms with Crippen LogP contribution in [0.25, 0.3) is 0 Å². The van der Waals surface area contributed by atoms with Gasteiger partial charge in [-0.15, -0.1) is 0 Å². The Bertz CT molecular complexity index is 1060. The molecule has 13 nitrogen and oxygen atoms in total. The van der Waals surface area contributed by atoms with Gasteiger partial charge in [0.1, 0.15) is 11.7 Å². The van der Waals surface area contributed by atoms with Crippen molar-refractivity contribution in [3.63, 3.8) is 0 Å². The summed E-state index contributed by atoms with van der Waals surface area (Å²) in [5, 5.41) is 16.6. The van der Waals surface area contributed by atoms with Crippen molar-refractivity contribution >= 4 is 41.0 Å². The highest BCUT2D eigenvalue weighted by molar-refractivity contribution is 6.01. The van der Waals surface area contributed by atoms with Gasteiger partial charge in [0.15, 0.2) is 11.5 Å². The van der Waals surface area contributed by atoms with E-state index in [4.69, 9.17) is 11.5 Å². The van der Waals surface area contributed by atoms with Crippen LogP contribution in [0.1, 0.15) is 42.6 Å². The molecule has 3 rings (SSSR count). The first kappa shape index (κ1) is 22.5. The highest BCUT2D eigenvalue weighted by Gasteiger charge is 2.27. The maximum absolute atomic E-state index is 12.4. The molecule has 2 aromatic heterocycles. The van der Waals surface area contributed by atoms with Gasteiger partial charge in [-0.25, -0.2) is 14.6 Å². The summed E-state index contributed by atoms with van der Waals surface area (Å²) in [5.74, 6) is -1.88. The maximum Gasteiger partial charge on any atom is 0.326 e. The number of H-pyrrole nitrogens is 1. The van der Waals surface area contributed by atoms with Gasteiger partial charge in [0.25, 0.3) is 11.5 Å². The number of carbonyl (C=O) groups excluding carboxylic acids is 2. The minimum atomic E-state index is -1.09. The van der Waals surface area contributed by atoms with Gasteiger partial charge in [-0.05, 0) is 24.5 Å². The van der Waals surface area contributed by atoms with Crippen LogP contribution in [0.5, 0.6) is 0 Å². The number of anilines is 4. The van der Waals surface area contributed by atoms with Crippen molar-refractivity contribution in [3.05, 3.63) is 34.4 Å². The van der Waals surface area contributed by atoms with E-state index >= 15 is 0 Å². The van der Waals surface area contributed by atoms with Crippen LogP contribution >= 0.6 is 0 Å². The number of nitrogens with one attached hydrogen (secondary N) is 4. The van der Waals surface area contributed by atoms with Gasteiger partial charge in [0.2, 0.25) is 5.95 Å². The Labute approximate surface area is 182 Å². The van der Waals surface area contributed by atoms with Crippen molar-refractivity contribution in [1.82, 2.24) is 20.3 Å². The van der Waals surface area contributed by atoms with E-state index in [2.05, 4.69) is 30.9 Å². The molecule has 1 atom stereocenters. The molecular weight excluding hydrogens is 420 g/mol. The molecule has 1 aliphatic carbocycles. The first-order valence-corrected chi connectivity index (χ1v) is 9.96. The number of nitrogen functional groups attached to an aromatic ring is 2. The number of nitrogens with zero attached hydrogens (tertiary/aromatic N) is 2. The van der Waals surface area contributed by atoms with E-state index in [9.17, 15) is 24.3 Å². The molecule has 0 spiro atoms. The third kappa shape index (κ3) is 5.71. The van der Waals surface area contributed by atoms with Crippen LogP contribution in [0.4, 0.5) is 27.9 Å². The zero-order chi connectivity index (χ0) is 23.3. The normalized spacial score (nSPS) is 14.5. The number of carbonyl (C=O) groups is 3. The van der Waals surface area contributed by atoms with Crippen LogP contribution in [-0.4, -0.2) is 44.0 Å². The fourth-order valence-electron chi connectivity index (χ4n) is 3.54. The van der Waals surface area contributed by atoms with E-state index in [0.29, 0.717) is 6.42 Å². The summed E-state index contributed by atoms with van der Waals surface area (Å²) in [5.41, 5.74) is 10.2. The fraction of sp³-hybridized carbons (Fsp3) is 0.368. The first-order valence-electron chi connectivity index (χ1n) is 9.96. The van der Waals surface area contributed by atoms with Crippen molar-refractivity contribution in [2.75, 3.05) is 22.1 Å². The van der Waals surface area contributed by atoms with Gasteiger partial charge in [-0.2, -0.15) is 4.98 Å². The number of aromatic amines is 1. The predicted octanol–water partition coefficient (Wildman–Crippen LogP) is 0.737. The topological polar surface area (TPSA) is 218 Å². The maximum atomic E-state index is 12.4. The molecule has 32 heavy (non-hydrogen) atoms. The standard InChI is InChI=1S/C19H24N8O5/c20-14-13(16(29)27-18(21)26-14)25-19(32)23-10-5-6-11(22-8-10)15(28)24-12(17(30)31)7-9-3-1-2-4-9/h5-6,8-9,12H,1-4,7H2,(H,24,28)(H,30,31)(H2,23,25,32)(H5,20,21,26,27,29). The smallest absolute Gasteiger partial charge is 0.326 e. The molecule has 13 heteroatoms. The molecule has 1 fully saturated rings. The van der Waals surface area contributed by atoms with Crippen molar-refractivity contribution in [3.8, 4) is 0 Å². The van der Waals surface area contributed by atoms with E-state index in [-0.39, 0.29) is 34.8 Å². The van der Waals surface area contributed by atoms with E-state index in [1.165, 1.54) is 18.3 Å². The Morgan fingerprint density at radius 3 is 2.50 bits per heavy atom. The molecule has 3 amide bonds. The van der Waals surface area contributed by atoms with E-state index in [0.717, 1.165) is 25.7 Å². The summed E-state index contributed by atoms with van der Waals surface area (Å²) in [6.07, 6.45) is 5.67. The fourth-order valence-corrected chi connectivity index (χ4v) is 3.54. The summed E-state index contributed by atoms with van der Waals surface area (Å²) in [6.45, 7) is 0. The van der Waals surface area contributed by atoms with E-state index in [1.807, 2.05) is 0 Å². The van der Waals surface area contributed by atoms with Gasteiger partial charge < -0.3 is 27.2 Å². The zero-order valence-corrected chi connectivity index (χ0v) is 17.1. The van der Waals surface area contributed by atoms with Crippen LogP contribution in [0.15, 0.2) is 23.1 Å². The Morgan fingerprint density at radius 2 is 1.91 bits per heavy atom. The minimum absolute atomic E-state index is 0.00273. The second-order valence-electron chi connectivity index (χ2n) is 7.47. The molecule has 1 unspecified atom stereocenters. The molecule has 1 saturated carbocycles. The number of hydrogen-bond acceptors (Lipinski definition) is 8. The second kappa shape index (κ2) is 9.76. The summed E-state index contributed by atoms with van der Waals surface area (Å²) >= 11 is 0. The lowest BCUT2D eigenvalue weighted by molar-refractivity contribution is -0.139. The number of carboxylic acids is 1. The first-order chi connectivity index (χ1) is 15.2. The highest BCUT2D eigenvalue weighted by atomic mass is 16.4. The summed E-state index contributed by atoms with van der Waals surface area (Å²) in [6, 6.07) is 0.956. The van der Waals surface area contributed by atoms with Crippen molar-refractivity contribution in [2.45, 2.75) is 38.1 Å².